The molecule has 0 saturated carbocycles. The third-order valence-corrected chi connectivity index (χ3v) is 4.63. The van der Waals surface area contributed by atoms with Gasteiger partial charge in [0.15, 0.2) is 5.58 Å². The van der Waals surface area contributed by atoms with Gasteiger partial charge in [0.1, 0.15) is 11.2 Å². The molecule has 2 aromatic rings. The van der Waals surface area contributed by atoms with E-state index in [-0.39, 0.29) is 0 Å². The number of halogens is 1. The van der Waals surface area contributed by atoms with E-state index in [4.69, 9.17) is 25.3 Å². The van der Waals surface area contributed by atoms with Crippen molar-refractivity contribution in [2.24, 2.45) is 0 Å². The van der Waals surface area contributed by atoms with Crippen LogP contribution in [0.4, 0.5) is 0 Å². The zero-order valence-corrected chi connectivity index (χ0v) is 13.0. The molecule has 0 N–H and O–H groups in total. The number of aryl methyl sites for hydroxylation is 1. The van der Waals surface area contributed by atoms with Crippen LogP contribution in [-0.4, -0.2) is 23.3 Å². The van der Waals surface area contributed by atoms with Gasteiger partial charge in [-0.25, -0.2) is 0 Å². The summed E-state index contributed by atoms with van der Waals surface area (Å²) in [7, 11) is -0.537. The fraction of sp³-hybridized carbons (Fsp3) is 0.500. The van der Waals surface area contributed by atoms with Crippen molar-refractivity contribution in [2.75, 3.05) is 0 Å². The maximum Gasteiger partial charge on any atom is 0.532 e. The lowest BCUT2D eigenvalue weighted by molar-refractivity contribution is 0.00578. The number of nitrogens with zero attached hydrogens (tertiary/aromatic N) is 1. The molecule has 106 valence electrons. The molecule has 6 heteroatoms. The summed E-state index contributed by atoms with van der Waals surface area (Å²) in [5.41, 5.74) is 1.97. The monoisotopic (exact) mass is 293 g/mol. The summed E-state index contributed by atoms with van der Waals surface area (Å²) in [6.07, 6.45) is 1.73. The Morgan fingerprint density at radius 2 is 1.75 bits per heavy atom. The molecule has 2 aromatic heterocycles. The average molecular weight is 294 g/mol. The molecule has 0 bridgehead atoms. The Kier molecular flexibility index (Phi) is 2.94. The van der Waals surface area contributed by atoms with Crippen molar-refractivity contribution in [3.63, 3.8) is 0 Å². The van der Waals surface area contributed by atoms with Crippen LogP contribution in [0.1, 0.15) is 33.3 Å². The minimum absolute atomic E-state index is 0.399. The third kappa shape index (κ3) is 1.96. The topological polar surface area (TPSA) is 44.5 Å². The van der Waals surface area contributed by atoms with Gasteiger partial charge in [-0.2, -0.15) is 0 Å². The van der Waals surface area contributed by atoms with Gasteiger partial charge in [0.05, 0.1) is 16.2 Å². The van der Waals surface area contributed by atoms with Crippen molar-refractivity contribution in [1.82, 2.24) is 4.98 Å². The van der Waals surface area contributed by atoms with E-state index in [0.29, 0.717) is 21.8 Å². The molecule has 0 aliphatic carbocycles. The number of hydrogen-bond acceptors (Lipinski definition) is 4. The molecule has 4 nitrogen and oxygen atoms in total. The molecular weight excluding hydrogens is 276 g/mol. The highest BCUT2D eigenvalue weighted by molar-refractivity contribution is 6.61. The Morgan fingerprint density at radius 1 is 1.15 bits per heavy atom. The molecule has 0 spiro atoms. The summed E-state index contributed by atoms with van der Waals surface area (Å²) < 4.78 is 17.7. The molecule has 1 fully saturated rings. The Bertz CT molecular complexity index is 664. The minimum Gasteiger partial charge on any atom is -0.461 e. The smallest absolute Gasteiger partial charge is 0.461 e. The zero-order chi connectivity index (χ0) is 14.7. The summed E-state index contributed by atoms with van der Waals surface area (Å²) in [5.74, 6) is 0. The SMILES string of the molecule is Cc1cnc2cc(B3OC(C)(C)C(C)(C)O3)oc2c1Cl. The molecule has 3 rings (SSSR count). The summed E-state index contributed by atoms with van der Waals surface area (Å²) in [6.45, 7) is 9.91. The van der Waals surface area contributed by atoms with Gasteiger partial charge < -0.3 is 13.7 Å². The fourth-order valence-corrected chi connectivity index (χ4v) is 2.31. The molecule has 0 amide bonds. The molecule has 20 heavy (non-hydrogen) atoms. The van der Waals surface area contributed by atoms with Crippen LogP contribution < -0.4 is 5.66 Å². The lowest BCUT2D eigenvalue weighted by Crippen LogP contribution is -2.41. The second-order valence-electron chi connectivity index (χ2n) is 6.21. The highest BCUT2D eigenvalue weighted by Gasteiger charge is 2.53. The quantitative estimate of drug-likeness (QED) is 0.758. The van der Waals surface area contributed by atoms with E-state index in [0.717, 1.165) is 5.56 Å². The van der Waals surface area contributed by atoms with Crippen molar-refractivity contribution in [2.45, 2.75) is 45.8 Å². The number of hydrogen-bond donors (Lipinski definition) is 0. The standard InChI is InChI=1S/C14H17BClNO3/c1-8-7-17-9-6-10(18-12(9)11(8)16)15-19-13(2,3)14(4,5)20-15/h6-7H,1-5H3. The maximum atomic E-state index is 6.24. The molecule has 3 heterocycles. The summed E-state index contributed by atoms with van der Waals surface area (Å²) >= 11 is 6.24. The van der Waals surface area contributed by atoms with Gasteiger partial charge in [-0.1, -0.05) is 11.6 Å². The Labute approximate surface area is 123 Å². The lowest BCUT2D eigenvalue weighted by Gasteiger charge is -2.32. The van der Waals surface area contributed by atoms with E-state index in [1.807, 2.05) is 40.7 Å². The minimum atomic E-state index is -0.537. The summed E-state index contributed by atoms with van der Waals surface area (Å²) in [4.78, 5) is 4.32. The van der Waals surface area contributed by atoms with Gasteiger partial charge in [-0.3, -0.25) is 4.98 Å². The number of pyridine rings is 1. The van der Waals surface area contributed by atoms with Crippen LogP contribution in [0.3, 0.4) is 0 Å². The predicted octanol–water partition coefficient (Wildman–Crippen LogP) is 3.09. The van der Waals surface area contributed by atoms with Crippen molar-refractivity contribution < 1.29 is 13.7 Å². The van der Waals surface area contributed by atoms with Gasteiger partial charge >= 0.3 is 7.12 Å². The second kappa shape index (κ2) is 4.23. The van der Waals surface area contributed by atoms with E-state index in [1.165, 1.54) is 0 Å². The van der Waals surface area contributed by atoms with Gasteiger partial charge in [-0.15, -0.1) is 0 Å². The van der Waals surface area contributed by atoms with Crippen LogP contribution in [0, 0.1) is 6.92 Å². The first kappa shape index (κ1) is 13.9. The predicted molar refractivity (Wildman–Crippen MR) is 79.5 cm³/mol. The molecule has 0 atom stereocenters. The van der Waals surface area contributed by atoms with Gasteiger partial charge in [0.2, 0.25) is 0 Å². The lowest BCUT2D eigenvalue weighted by atomic mass is 9.86. The second-order valence-corrected chi connectivity index (χ2v) is 6.58. The van der Waals surface area contributed by atoms with E-state index < -0.39 is 18.3 Å². The number of fused-ring (bicyclic) bond motifs is 1. The van der Waals surface area contributed by atoms with Crippen LogP contribution in [0.5, 0.6) is 0 Å². The fourth-order valence-electron chi connectivity index (χ4n) is 2.13. The average Bonchev–Trinajstić information content (AvgIpc) is 2.85. The Balaban J connectivity index is 2.03. The van der Waals surface area contributed by atoms with Crippen LogP contribution >= 0.6 is 11.6 Å². The Morgan fingerprint density at radius 3 is 2.35 bits per heavy atom. The van der Waals surface area contributed by atoms with Crippen molar-refractivity contribution >= 4 is 35.5 Å². The van der Waals surface area contributed by atoms with Crippen LogP contribution in [0.25, 0.3) is 11.1 Å². The summed E-state index contributed by atoms with van der Waals surface area (Å²) in [6, 6.07) is 1.82. The van der Waals surface area contributed by atoms with Crippen LogP contribution in [-0.2, 0) is 9.31 Å². The number of rotatable bonds is 1. The van der Waals surface area contributed by atoms with E-state index in [2.05, 4.69) is 4.98 Å². The molecule has 0 radical (unpaired) electrons. The van der Waals surface area contributed by atoms with E-state index >= 15 is 0 Å². The normalized spacial score (nSPS) is 20.8. The third-order valence-electron chi connectivity index (χ3n) is 4.16. The molecule has 1 aliphatic heterocycles. The summed E-state index contributed by atoms with van der Waals surface area (Å²) in [5, 5.41) is 0.581. The first-order valence-electron chi connectivity index (χ1n) is 6.61. The van der Waals surface area contributed by atoms with E-state index in [9.17, 15) is 0 Å². The molecule has 0 unspecified atom stereocenters. The van der Waals surface area contributed by atoms with Crippen molar-refractivity contribution in [1.29, 1.82) is 0 Å². The first-order valence-corrected chi connectivity index (χ1v) is 6.99. The van der Waals surface area contributed by atoms with Gasteiger partial charge in [-0.05, 0) is 40.2 Å². The van der Waals surface area contributed by atoms with Crippen molar-refractivity contribution in [3.05, 3.63) is 22.8 Å². The highest BCUT2D eigenvalue weighted by atomic mass is 35.5. The maximum absolute atomic E-state index is 6.24. The largest absolute Gasteiger partial charge is 0.532 e. The number of furan rings is 1. The molecule has 1 aliphatic rings. The van der Waals surface area contributed by atoms with Crippen LogP contribution in [0.2, 0.25) is 5.02 Å². The Hall–Kier alpha value is -1.04. The number of aromatic nitrogens is 1. The molecule has 1 saturated heterocycles. The molecular formula is C14H17BClNO3. The molecule has 0 aromatic carbocycles. The van der Waals surface area contributed by atoms with Crippen LogP contribution in [0.15, 0.2) is 16.7 Å². The van der Waals surface area contributed by atoms with E-state index in [1.54, 1.807) is 6.20 Å². The van der Waals surface area contributed by atoms with Gasteiger partial charge in [0, 0.05) is 12.3 Å². The van der Waals surface area contributed by atoms with Gasteiger partial charge in [0.25, 0.3) is 0 Å². The first-order chi connectivity index (χ1) is 9.21. The van der Waals surface area contributed by atoms with Crippen molar-refractivity contribution in [3.8, 4) is 0 Å². The highest BCUT2D eigenvalue weighted by Crippen LogP contribution is 2.37. The zero-order valence-electron chi connectivity index (χ0n) is 12.3.